The summed E-state index contributed by atoms with van der Waals surface area (Å²) in [5.74, 6) is 0.740. The predicted octanol–water partition coefficient (Wildman–Crippen LogP) is 3.16. The molecule has 2 nitrogen and oxygen atoms in total. The van der Waals surface area contributed by atoms with Gasteiger partial charge in [0.25, 0.3) is 0 Å². The molecule has 0 saturated heterocycles. The fourth-order valence-corrected chi connectivity index (χ4v) is 4.52. The number of aryl methyl sites for hydroxylation is 1. The van der Waals surface area contributed by atoms with Gasteiger partial charge < -0.3 is 10.8 Å². The summed E-state index contributed by atoms with van der Waals surface area (Å²) >= 11 is 0. The largest absolute Gasteiger partial charge is 0.389 e. The Bertz CT molecular complexity index is 476. The molecule has 1 atom stereocenters. The van der Waals surface area contributed by atoms with Gasteiger partial charge in [0.1, 0.15) is 0 Å². The fraction of sp³-hybridized carbons (Fsp3) is 0.667. The first-order valence-corrected chi connectivity index (χ1v) is 8.12. The molecule has 0 aliphatic heterocycles. The van der Waals surface area contributed by atoms with Gasteiger partial charge >= 0.3 is 0 Å². The molecule has 20 heavy (non-hydrogen) atoms. The van der Waals surface area contributed by atoms with Gasteiger partial charge in [-0.15, -0.1) is 0 Å². The molecule has 0 bridgehead atoms. The topological polar surface area (TPSA) is 46.2 Å². The van der Waals surface area contributed by atoms with Gasteiger partial charge in [-0.2, -0.15) is 0 Å². The quantitative estimate of drug-likeness (QED) is 0.869. The van der Waals surface area contributed by atoms with Crippen molar-refractivity contribution >= 4 is 0 Å². The summed E-state index contributed by atoms with van der Waals surface area (Å²) < 4.78 is 0. The third kappa shape index (κ3) is 2.01. The summed E-state index contributed by atoms with van der Waals surface area (Å²) in [6.45, 7) is 2.86. The van der Waals surface area contributed by atoms with Crippen LogP contribution >= 0.6 is 0 Å². The molecule has 0 amide bonds. The second-order valence-electron chi connectivity index (χ2n) is 7.01. The van der Waals surface area contributed by atoms with Crippen LogP contribution in [-0.4, -0.2) is 17.3 Å². The molecule has 1 unspecified atom stereocenters. The van der Waals surface area contributed by atoms with E-state index in [1.165, 1.54) is 11.1 Å². The Hall–Kier alpha value is -0.860. The van der Waals surface area contributed by atoms with Gasteiger partial charge in [-0.05, 0) is 62.0 Å². The van der Waals surface area contributed by atoms with Crippen molar-refractivity contribution in [3.8, 4) is 0 Å². The molecule has 0 radical (unpaired) electrons. The monoisotopic (exact) mass is 273 g/mol. The lowest BCUT2D eigenvalue weighted by Gasteiger charge is -2.52. The minimum Gasteiger partial charge on any atom is -0.389 e. The first-order valence-electron chi connectivity index (χ1n) is 8.12. The number of nitrogens with two attached hydrogens (primary N) is 1. The smallest absolute Gasteiger partial charge is 0.0756 e. The Labute approximate surface area is 122 Å². The zero-order valence-corrected chi connectivity index (χ0v) is 12.6. The fourth-order valence-electron chi connectivity index (χ4n) is 4.52. The van der Waals surface area contributed by atoms with Crippen LogP contribution in [0.1, 0.15) is 56.6 Å². The second-order valence-corrected chi connectivity index (χ2v) is 7.01. The van der Waals surface area contributed by atoms with Crippen LogP contribution < -0.4 is 5.73 Å². The summed E-state index contributed by atoms with van der Waals surface area (Å²) in [6, 6.07) is 8.63. The Kier molecular flexibility index (Phi) is 3.64. The number of rotatable bonds is 2. The van der Waals surface area contributed by atoms with Crippen molar-refractivity contribution in [1.29, 1.82) is 0 Å². The molecule has 2 aliphatic carbocycles. The number of fused-ring (bicyclic) bond motifs is 1. The van der Waals surface area contributed by atoms with E-state index in [-0.39, 0.29) is 5.41 Å². The Morgan fingerprint density at radius 2 is 1.90 bits per heavy atom. The van der Waals surface area contributed by atoms with Gasteiger partial charge in [-0.25, -0.2) is 0 Å². The zero-order valence-electron chi connectivity index (χ0n) is 12.6. The van der Waals surface area contributed by atoms with Gasteiger partial charge in [0.2, 0.25) is 0 Å². The van der Waals surface area contributed by atoms with Crippen molar-refractivity contribution in [2.75, 3.05) is 6.54 Å². The van der Waals surface area contributed by atoms with Crippen LogP contribution in [0.5, 0.6) is 0 Å². The Morgan fingerprint density at radius 1 is 1.20 bits per heavy atom. The standard InChI is InChI=1S/C18H27NO/c1-14-8-11-18(20,12-9-14)17(13-19)10-4-6-15-5-2-3-7-16(15)17/h2-3,5,7,14,20H,4,6,8-13,19H2,1H3. The molecular weight excluding hydrogens is 246 g/mol. The summed E-state index contributed by atoms with van der Waals surface area (Å²) in [5, 5.41) is 11.4. The van der Waals surface area contributed by atoms with Crippen LogP contribution in [-0.2, 0) is 11.8 Å². The summed E-state index contributed by atoms with van der Waals surface area (Å²) in [5.41, 5.74) is 8.14. The van der Waals surface area contributed by atoms with Gasteiger partial charge in [0.15, 0.2) is 0 Å². The van der Waals surface area contributed by atoms with Crippen molar-refractivity contribution in [1.82, 2.24) is 0 Å². The molecule has 3 N–H and O–H groups in total. The van der Waals surface area contributed by atoms with Gasteiger partial charge in [-0.3, -0.25) is 0 Å². The normalized spacial score (nSPS) is 37.5. The van der Waals surface area contributed by atoms with E-state index in [0.29, 0.717) is 6.54 Å². The number of hydrogen-bond donors (Lipinski definition) is 2. The lowest BCUT2D eigenvalue weighted by Crippen LogP contribution is -2.58. The van der Waals surface area contributed by atoms with Crippen LogP contribution in [0.25, 0.3) is 0 Å². The average Bonchev–Trinajstić information content (AvgIpc) is 2.49. The van der Waals surface area contributed by atoms with Crippen LogP contribution in [0.4, 0.5) is 0 Å². The third-order valence-electron chi connectivity index (χ3n) is 5.92. The molecule has 2 aliphatic rings. The molecule has 110 valence electrons. The summed E-state index contributed by atoms with van der Waals surface area (Å²) in [4.78, 5) is 0. The lowest BCUT2D eigenvalue weighted by atomic mass is 9.56. The second kappa shape index (κ2) is 5.16. The van der Waals surface area contributed by atoms with Gasteiger partial charge in [-0.1, -0.05) is 31.2 Å². The van der Waals surface area contributed by atoms with Crippen molar-refractivity contribution in [3.05, 3.63) is 35.4 Å². The molecule has 3 rings (SSSR count). The predicted molar refractivity (Wildman–Crippen MR) is 82.7 cm³/mol. The highest BCUT2D eigenvalue weighted by molar-refractivity contribution is 5.40. The molecular formula is C18H27NO. The first kappa shape index (κ1) is 14.1. The van der Waals surface area contributed by atoms with Crippen LogP contribution in [0.15, 0.2) is 24.3 Å². The maximum absolute atomic E-state index is 11.4. The minimum atomic E-state index is -0.606. The van der Waals surface area contributed by atoms with Gasteiger partial charge in [0, 0.05) is 12.0 Å². The van der Waals surface area contributed by atoms with Crippen molar-refractivity contribution in [2.45, 2.75) is 62.9 Å². The Morgan fingerprint density at radius 3 is 2.60 bits per heavy atom. The molecule has 1 aromatic carbocycles. The van der Waals surface area contributed by atoms with Crippen LogP contribution in [0, 0.1) is 5.92 Å². The zero-order chi connectivity index (χ0) is 14.2. The van der Waals surface area contributed by atoms with E-state index in [1.807, 2.05) is 0 Å². The van der Waals surface area contributed by atoms with E-state index in [0.717, 1.165) is 50.9 Å². The van der Waals surface area contributed by atoms with E-state index >= 15 is 0 Å². The molecule has 1 aromatic rings. The van der Waals surface area contributed by atoms with Crippen LogP contribution in [0.3, 0.4) is 0 Å². The first-order chi connectivity index (χ1) is 9.61. The SMILES string of the molecule is CC1CCC(O)(C2(CN)CCCc3ccccc32)CC1. The van der Waals surface area contributed by atoms with Crippen molar-refractivity contribution in [3.63, 3.8) is 0 Å². The maximum atomic E-state index is 11.4. The maximum Gasteiger partial charge on any atom is 0.0756 e. The molecule has 1 fully saturated rings. The van der Waals surface area contributed by atoms with E-state index in [9.17, 15) is 5.11 Å². The summed E-state index contributed by atoms with van der Waals surface area (Å²) in [7, 11) is 0. The van der Waals surface area contributed by atoms with E-state index in [2.05, 4.69) is 31.2 Å². The highest BCUT2D eigenvalue weighted by Gasteiger charge is 2.52. The molecule has 1 saturated carbocycles. The third-order valence-corrected chi connectivity index (χ3v) is 5.92. The van der Waals surface area contributed by atoms with Crippen molar-refractivity contribution < 1.29 is 5.11 Å². The van der Waals surface area contributed by atoms with Gasteiger partial charge in [0.05, 0.1) is 5.60 Å². The Balaban J connectivity index is 2.04. The number of aliphatic hydroxyl groups is 1. The van der Waals surface area contributed by atoms with Crippen LogP contribution in [0.2, 0.25) is 0 Å². The highest BCUT2D eigenvalue weighted by Crippen LogP contribution is 2.50. The summed E-state index contributed by atoms with van der Waals surface area (Å²) in [6.07, 6.45) is 7.36. The van der Waals surface area contributed by atoms with E-state index in [1.54, 1.807) is 0 Å². The lowest BCUT2D eigenvalue weighted by molar-refractivity contribution is -0.0801. The van der Waals surface area contributed by atoms with E-state index in [4.69, 9.17) is 5.73 Å². The average molecular weight is 273 g/mol. The number of benzene rings is 1. The molecule has 0 heterocycles. The molecule has 0 aromatic heterocycles. The molecule has 2 heteroatoms. The number of hydrogen-bond acceptors (Lipinski definition) is 2. The van der Waals surface area contributed by atoms with E-state index < -0.39 is 5.60 Å². The molecule has 0 spiro atoms. The minimum absolute atomic E-state index is 0.220. The van der Waals surface area contributed by atoms with Crippen molar-refractivity contribution in [2.24, 2.45) is 11.7 Å². The highest BCUT2D eigenvalue weighted by atomic mass is 16.3.